The van der Waals surface area contributed by atoms with E-state index in [0.29, 0.717) is 0 Å². The third-order valence-corrected chi connectivity index (χ3v) is 2.61. The molecule has 0 fully saturated rings. The van der Waals surface area contributed by atoms with Crippen LogP contribution in [0.2, 0.25) is 0 Å². The summed E-state index contributed by atoms with van der Waals surface area (Å²) in [6, 6.07) is -0.399. The van der Waals surface area contributed by atoms with Crippen molar-refractivity contribution < 1.29 is 13.2 Å². The number of hydrogen-bond acceptors (Lipinski definition) is 3. The van der Waals surface area contributed by atoms with Gasteiger partial charge in [0.2, 0.25) is 5.91 Å². The maximum atomic E-state index is 11.0. The SMILES string of the molecule is CC(CS(C)(=O)=O)NC(=O)C(C)Cl. The highest BCUT2D eigenvalue weighted by molar-refractivity contribution is 7.90. The van der Waals surface area contributed by atoms with Gasteiger partial charge < -0.3 is 5.32 Å². The van der Waals surface area contributed by atoms with Gasteiger partial charge in [0.1, 0.15) is 15.2 Å². The number of sulfone groups is 1. The summed E-state index contributed by atoms with van der Waals surface area (Å²) in [4.78, 5) is 11.0. The second kappa shape index (κ2) is 4.81. The second-order valence-electron chi connectivity index (χ2n) is 3.12. The van der Waals surface area contributed by atoms with E-state index in [0.717, 1.165) is 6.26 Å². The highest BCUT2D eigenvalue weighted by atomic mass is 35.5. The lowest BCUT2D eigenvalue weighted by Gasteiger charge is -2.13. The fourth-order valence-corrected chi connectivity index (χ4v) is 1.91. The van der Waals surface area contributed by atoms with Crippen molar-refractivity contribution in [2.24, 2.45) is 0 Å². The van der Waals surface area contributed by atoms with Crippen LogP contribution in [0.5, 0.6) is 0 Å². The summed E-state index contributed by atoms with van der Waals surface area (Å²) >= 11 is 5.48. The Hall–Kier alpha value is -0.290. The molecule has 13 heavy (non-hydrogen) atoms. The predicted octanol–water partition coefficient (Wildman–Crippen LogP) is 0.163. The second-order valence-corrected chi connectivity index (χ2v) is 5.96. The summed E-state index contributed by atoms with van der Waals surface area (Å²) in [5.41, 5.74) is 0. The van der Waals surface area contributed by atoms with Crippen LogP contribution in [-0.2, 0) is 14.6 Å². The summed E-state index contributed by atoms with van der Waals surface area (Å²) in [5, 5.41) is 1.85. The number of nitrogens with one attached hydrogen (secondary N) is 1. The van der Waals surface area contributed by atoms with Crippen molar-refractivity contribution in [1.29, 1.82) is 0 Å². The minimum Gasteiger partial charge on any atom is -0.351 e. The molecule has 0 spiro atoms. The lowest BCUT2D eigenvalue weighted by molar-refractivity contribution is -0.120. The van der Waals surface area contributed by atoms with E-state index in [4.69, 9.17) is 11.6 Å². The van der Waals surface area contributed by atoms with Crippen molar-refractivity contribution in [3.05, 3.63) is 0 Å². The number of rotatable bonds is 4. The number of carbonyl (C=O) groups is 1. The molecule has 1 N–H and O–H groups in total. The van der Waals surface area contributed by atoms with Crippen LogP contribution in [0.1, 0.15) is 13.8 Å². The fourth-order valence-electron chi connectivity index (χ4n) is 0.853. The molecule has 0 aromatic rings. The minimum absolute atomic E-state index is 0.0671. The Morgan fingerprint density at radius 2 is 1.92 bits per heavy atom. The summed E-state index contributed by atoms with van der Waals surface area (Å²) in [6.45, 7) is 3.16. The van der Waals surface area contributed by atoms with Gasteiger partial charge in [-0.2, -0.15) is 0 Å². The molecule has 0 bridgehead atoms. The Bertz CT molecular complexity index is 273. The normalized spacial score (nSPS) is 16.3. The fraction of sp³-hybridized carbons (Fsp3) is 0.857. The van der Waals surface area contributed by atoms with Crippen LogP contribution in [0.25, 0.3) is 0 Å². The summed E-state index contributed by atoms with van der Waals surface area (Å²) in [7, 11) is -3.05. The molecule has 4 nitrogen and oxygen atoms in total. The first-order valence-electron chi connectivity index (χ1n) is 3.84. The van der Waals surface area contributed by atoms with E-state index in [-0.39, 0.29) is 11.7 Å². The van der Waals surface area contributed by atoms with Crippen molar-refractivity contribution in [3.63, 3.8) is 0 Å². The molecule has 6 heteroatoms. The summed E-state index contributed by atoms with van der Waals surface area (Å²) in [5.74, 6) is -0.416. The molecule has 0 aliphatic heterocycles. The van der Waals surface area contributed by atoms with Gasteiger partial charge in [0, 0.05) is 12.3 Å². The first-order valence-corrected chi connectivity index (χ1v) is 6.34. The molecule has 2 unspecified atom stereocenters. The monoisotopic (exact) mass is 227 g/mol. The molecule has 0 aromatic carbocycles. The highest BCUT2D eigenvalue weighted by Crippen LogP contribution is 1.96. The van der Waals surface area contributed by atoms with E-state index in [1.54, 1.807) is 6.92 Å². The molecular weight excluding hydrogens is 214 g/mol. The van der Waals surface area contributed by atoms with Crippen molar-refractivity contribution in [1.82, 2.24) is 5.32 Å². The molecule has 1 amide bonds. The van der Waals surface area contributed by atoms with Gasteiger partial charge in [-0.15, -0.1) is 11.6 Å². The average molecular weight is 228 g/mol. The maximum absolute atomic E-state index is 11.0. The first-order chi connectivity index (χ1) is 5.72. The van der Waals surface area contributed by atoms with E-state index < -0.39 is 21.3 Å². The van der Waals surface area contributed by atoms with Crippen LogP contribution in [0.3, 0.4) is 0 Å². The quantitative estimate of drug-likeness (QED) is 0.697. The van der Waals surface area contributed by atoms with Gasteiger partial charge in [-0.05, 0) is 13.8 Å². The van der Waals surface area contributed by atoms with Gasteiger partial charge in [0.25, 0.3) is 0 Å². The Labute approximate surface area is 83.6 Å². The average Bonchev–Trinajstić information content (AvgIpc) is 1.81. The predicted molar refractivity (Wildman–Crippen MR) is 52.6 cm³/mol. The minimum atomic E-state index is -3.05. The molecular formula is C7H14ClNO3S. The van der Waals surface area contributed by atoms with Crippen LogP contribution in [0, 0.1) is 0 Å². The molecule has 0 saturated carbocycles. The number of alkyl halides is 1. The van der Waals surface area contributed by atoms with Crippen LogP contribution in [0.4, 0.5) is 0 Å². The molecule has 0 radical (unpaired) electrons. The van der Waals surface area contributed by atoms with E-state index in [9.17, 15) is 13.2 Å². The van der Waals surface area contributed by atoms with Gasteiger partial charge in [0.05, 0.1) is 5.75 Å². The van der Waals surface area contributed by atoms with Crippen molar-refractivity contribution in [3.8, 4) is 0 Å². The maximum Gasteiger partial charge on any atom is 0.238 e. The third kappa shape index (κ3) is 6.83. The number of halogens is 1. The topological polar surface area (TPSA) is 63.2 Å². The van der Waals surface area contributed by atoms with E-state index in [1.807, 2.05) is 0 Å². The lowest BCUT2D eigenvalue weighted by Crippen LogP contribution is -2.40. The summed E-state index contributed by atoms with van der Waals surface area (Å²) < 4.78 is 21.6. The summed E-state index contributed by atoms with van der Waals surface area (Å²) in [6.07, 6.45) is 1.12. The van der Waals surface area contributed by atoms with E-state index >= 15 is 0 Å². The molecule has 2 atom stereocenters. The molecule has 0 rings (SSSR count). The van der Waals surface area contributed by atoms with Gasteiger partial charge >= 0.3 is 0 Å². The molecule has 0 heterocycles. The van der Waals surface area contributed by atoms with Gasteiger partial charge in [-0.3, -0.25) is 4.79 Å². The zero-order valence-electron chi connectivity index (χ0n) is 7.87. The standard InChI is InChI=1S/C7H14ClNO3S/c1-5(4-13(3,11)12)9-7(10)6(2)8/h5-6H,4H2,1-3H3,(H,9,10). The smallest absolute Gasteiger partial charge is 0.238 e. The number of carbonyl (C=O) groups excluding carboxylic acids is 1. The Morgan fingerprint density at radius 3 is 2.23 bits per heavy atom. The van der Waals surface area contributed by atoms with Gasteiger partial charge in [0.15, 0.2) is 0 Å². The largest absolute Gasteiger partial charge is 0.351 e. The lowest BCUT2D eigenvalue weighted by atomic mass is 10.3. The number of amides is 1. The third-order valence-electron chi connectivity index (χ3n) is 1.30. The zero-order valence-corrected chi connectivity index (χ0v) is 9.45. The Kier molecular flexibility index (Phi) is 4.70. The van der Waals surface area contributed by atoms with Gasteiger partial charge in [-0.25, -0.2) is 8.42 Å². The van der Waals surface area contributed by atoms with Crippen molar-refractivity contribution in [2.75, 3.05) is 12.0 Å². The molecule has 0 aliphatic carbocycles. The van der Waals surface area contributed by atoms with E-state index in [2.05, 4.69) is 5.32 Å². The molecule has 0 aromatic heterocycles. The number of hydrogen-bond donors (Lipinski definition) is 1. The van der Waals surface area contributed by atoms with Crippen molar-refractivity contribution in [2.45, 2.75) is 25.3 Å². The Balaban J connectivity index is 4.03. The van der Waals surface area contributed by atoms with Crippen LogP contribution >= 0.6 is 11.6 Å². The Morgan fingerprint density at radius 1 is 1.46 bits per heavy atom. The molecule has 78 valence electrons. The first kappa shape index (κ1) is 12.7. The molecule has 0 aliphatic rings. The van der Waals surface area contributed by atoms with Crippen LogP contribution < -0.4 is 5.32 Å². The zero-order chi connectivity index (χ0) is 10.6. The van der Waals surface area contributed by atoms with E-state index in [1.165, 1.54) is 6.92 Å². The van der Waals surface area contributed by atoms with Crippen LogP contribution in [-0.4, -0.2) is 37.8 Å². The van der Waals surface area contributed by atoms with Gasteiger partial charge in [-0.1, -0.05) is 0 Å². The highest BCUT2D eigenvalue weighted by Gasteiger charge is 2.15. The van der Waals surface area contributed by atoms with Crippen LogP contribution in [0.15, 0.2) is 0 Å². The molecule has 0 saturated heterocycles. The van der Waals surface area contributed by atoms with Crippen molar-refractivity contribution >= 4 is 27.3 Å².